The van der Waals surface area contributed by atoms with Gasteiger partial charge >= 0.3 is 0 Å². The number of aromatic nitrogens is 1. The standard InChI is InChI=1S/C13H11Cl2NO2/c1-18-11-6-5-8(7-16-11)13(17)9-3-2-4-10(14)12(9)15/h2-7,13,17H,1H3. The number of rotatable bonds is 3. The van der Waals surface area contributed by atoms with Gasteiger partial charge in [0.15, 0.2) is 0 Å². The fraction of sp³-hybridized carbons (Fsp3) is 0.154. The molecule has 1 aromatic carbocycles. The summed E-state index contributed by atoms with van der Waals surface area (Å²) in [6.45, 7) is 0. The average molecular weight is 284 g/mol. The van der Waals surface area contributed by atoms with Gasteiger partial charge in [0.05, 0.1) is 17.2 Å². The lowest BCUT2D eigenvalue weighted by Gasteiger charge is -2.13. The average Bonchev–Trinajstić information content (AvgIpc) is 2.41. The molecule has 5 heteroatoms. The summed E-state index contributed by atoms with van der Waals surface area (Å²) in [6, 6.07) is 8.55. The van der Waals surface area contributed by atoms with Crippen molar-refractivity contribution in [2.24, 2.45) is 0 Å². The number of hydrogen-bond acceptors (Lipinski definition) is 3. The molecule has 1 N–H and O–H groups in total. The molecule has 0 amide bonds. The van der Waals surface area contributed by atoms with E-state index in [0.717, 1.165) is 0 Å². The Labute approximate surface area is 115 Å². The van der Waals surface area contributed by atoms with Crippen molar-refractivity contribution >= 4 is 23.2 Å². The van der Waals surface area contributed by atoms with Crippen LogP contribution < -0.4 is 4.74 Å². The summed E-state index contributed by atoms with van der Waals surface area (Å²) in [4.78, 5) is 4.04. The summed E-state index contributed by atoms with van der Waals surface area (Å²) in [6.07, 6.45) is 0.676. The Bertz CT molecular complexity index is 543. The second-order valence-electron chi connectivity index (χ2n) is 3.68. The van der Waals surface area contributed by atoms with Crippen LogP contribution in [0.1, 0.15) is 17.2 Å². The summed E-state index contributed by atoms with van der Waals surface area (Å²) < 4.78 is 4.96. The molecule has 3 nitrogen and oxygen atoms in total. The molecular weight excluding hydrogens is 273 g/mol. The first kappa shape index (κ1) is 13.1. The molecule has 0 fully saturated rings. The predicted octanol–water partition coefficient (Wildman–Crippen LogP) is 3.48. The van der Waals surface area contributed by atoms with Gasteiger partial charge in [-0.1, -0.05) is 35.3 Å². The Balaban J connectivity index is 2.35. The van der Waals surface area contributed by atoms with E-state index in [1.807, 2.05) is 0 Å². The molecule has 0 radical (unpaired) electrons. The number of aliphatic hydroxyl groups is 1. The van der Waals surface area contributed by atoms with E-state index in [-0.39, 0.29) is 0 Å². The van der Waals surface area contributed by atoms with Gasteiger partial charge in [0.25, 0.3) is 0 Å². The molecule has 0 aliphatic rings. The maximum Gasteiger partial charge on any atom is 0.212 e. The maximum atomic E-state index is 10.2. The van der Waals surface area contributed by atoms with E-state index >= 15 is 0 Å². The quantitative estimate of drug-likeness (QED) is 0.938. The molecule has 0 saturated carbocycles. The second-order valence-corrected chi connectivity index (χ2v) is 4.46. The van der Waals surface area contributed by atoms with Gasteiger partial charge in [-0.25, -0.2) is 4.98 Å². The highest BCUT2D eigenvalue weighted by atomic mass is 35.5. The van der Waals surface area contributed by atoms with Crippen LogP contribution in [0, 0.1) is 0 Å². The van der Waals surface area contributed by atoms with Crippen LogP contribution in [0.25, 0.3) is 0 Å². The van der Waals surface area contributed by atoms with Crippen molar-refractivity contribution < 1.29 is 9.84 Å². The van der Waals surface area contributed by atoms with E-state index in [2.05, 4.69) is 4.98 Å². The van der Waals surface area contributed by atoms with Gasteiger partial charge in [-0.05, 0) is 12.1 Å². The molecule has 1 heterocycles. The van der Waals surface area contributed by atoms with Crippen LogP contribution >= 0.6 is 23.2 Å². The molecule has 0 saturated heterocycles. The van der Waals surface area contributed by atoms with E-state index in [1.165, 1.54) is 7.11 Å². The zero-order valence-corrected chi connectivity index (χ0v) is 11.1. The zero-order chi connectivity index (χ0) is 13.1. The van der Waals surface area contributed by atoms with Crippen LogP contribution in [0.2, 0.25) is 10.0 Å². The van der Waals surface area contributed by atoms with Crippen molar-refractivity contribution in [1.82, 2.24) is 4.98 Å². The minimum atomic E-state index is -0.866. The van der Waals surface area contributed by atoms with Crippen LogP contribution in [-0.2, 0) is 0 Å². The summed E-state index contributed by atoms with van der Waals surface area (Å²) in [5.41, 5.74) is 1.18. The number of hydrogen-bond donors (Lipinski definition) is 1. The van der Waals surface area contributed by atoms with Gasteiger partial charge in [0, 0.05) is 23.4 Å². The lowest BCUT2D eigenvalue weighted by molar-refractivity contribution is 0.219. The van der Waals surface area contributed by atoms with Crippen molar-refractivity contribution in [3.63, 3.8) is 0 Å². The molecule has 1 atom stereocenters. The van der Waals surface area contributed by atoms with E-state index in [1.54, 1.807) is 36.5 Å². The number of ether oxygens (including phenoxy) is 1. The highest BCUT2D eigenvalue weighted by molar-refractivity contribution is 6.42. The molecule has 18 heavy (non-hydrogen) atoms. The summed E-state index contributed by atoms with van der Waals surface area (Å²) >= 11 is 12.0. The Hall–Kier alpha value is -1.29. The molecule has 1 aromatic heterocycles. The number of aliphatic hydroxyl groups excluding tert-OH is 1. The minimum absolute atomic E-state index is 0.350. The Morgan fingerprint density at radius 2 is 2.00 bits per heavy atom. The molecule has 2 rings (SSSR count). The SMILES string of the molecule is COc1ccc(C(O)c2cccc(Cl)c2Cl)cn1. The number of pyridine rings is 1. The summed E-state index contributed by atoms with van der Waals surface area (Å²) in [7, 11) is 1.53. The Morgan fingerprint density at radius 1 is 1.22 bits per heavy atom. The van der Waals surface area contributed by atoms with E-state index in [9.17, 15) is 5.11 Å². The topological polar surface area (TPSA) is 42.4 Å². The molecule has 0 bridgehead atoms. The zero-order valence-electron chi connectivity index (χ0n) is 9.60. The number of nitrogens with zero attached hydrogens (tertiary/aromatic N) is 1. The van der Waals surface area contributed by atoms with E-state index in [4.69, 9.17) is 27.9 Å². The fourth-order valence-electron chi connectivity index (χ4n) is 1.59. The third-order valence-corrected chi connectivity index (χ3v) is 3.39. The minimum Gasteiger partial charge on any atom is -0.481 e. The van der Waals surface area contributed by atoms with Gasteiger partial charge in [-0.15, -0.1) is 0 Å². The molecule has 1 unspecified atom stereocenters. The molecule has 0 spiro atoms. The Morgan fingerprint density at radius 3 is 2.61 bits per heavy atom. The lowest BCUT2D eigenvalue weighted by Crippen LogP contribution is -2.01. The number of halogens is 2. The van der Waals surface area contributed by atoms with Crippen LogP contribution in [0.3, 0.4) is 0 Å². The van der Waals surface area contributed by atoms with Crippen LogP contribution in [0.5, 0.6) is 5.88 Å². The maximum absolute atomic E-state index is 10.2. The van der Waals surface area contributed by atoms with Crippen molar-refractivity contribution in [1.29, 1.82) is 0 Å². The molecule has 94 valence electrons. The summed E-state index contributed by atoms with van der Waals surface area (Å²) in [5.74, 6) is 0.489. The van der Waals surface area contributed by atoms with E-state index < -0.39 is 6.10 Å². The normalized spacial score (nSPS) is 12.2. The van der Waals surface area contributed by atoms with Crippen LogP contribution in [-0.4, -0.2) is 17.2 Å². The third-order valence-electron chi connectivity index (χ3n) is 2.56. The van der Waals surface area contributed by atoms with Crippen molar-refractivity contribution in [3.8, 4) is 5.88 Å². The molecule has 0 aliphatic heterocycles. The lowest BCUT2D eigenvalue weighted by atomic mass is 10.0. The highest BCUT2D eigenvalue weighted by Crippen LogP contribution is 2.33. The fourth-order valence-corrected chi connectivity index (χ4v) is 2.00. The summed E-state index contributed by atoms with van der Waals surface area (Å²) in [5, 5.41) is 11.0. The van der Waals surface area contributed by atoms with Crippen LogP contribution in [0.4, 0.5) is 0 Å². The largest absolute Gasteiger partial charge is 0.481 e. The van der Waals surface area contributed by atoms with Crippen molar-refractivity contribution in [2.75, 3.05) is 7.11 Å². The first-order valence-electron chi connectivity index (χ1n) is 5.25. The predicted molar refractivity (Wildman–Crippen MR) is 71.3 cm³/mol. The number of benzene rings is 1. The van der Waals surface area contributed by atoms with E-state index in [0.29, 0.717) is 27.1 Å². The van der Waals surface area contributed by atoms with Gasteiger partial charge < -0.3 is 9.84 Å². The second kappa shape index (κ2) is 5.57. The van der Waals surface area contributed by atoms with Crippen molar-refractivity contribution in [2.45, 2.75) is 6.10 Å². The first-order chi connectivity index (χ1) is 8.63. The Kier molecular flexibility index (Phi) is 4.07. The third kappa shape index (κ3) is 2.58. The number of methoxy groups -OCH3 is 1. The van der Waals surface area contributed by atoms with Crippen molar-refractivity contribution in [3.05, 3.63) is 57.7 Å². The van der Waals surface area contributed by atoms with Gasteiger partial charge in [0.2, 0.25) is 5.88 Å². The monoisotopic (exact) mass is 283 g/mol. The van der Waals surface area contributed by atoms with Crippen LogP contribution in [0.15, 0.2) is 36.5 Å². The van der Waals surface area contributed by atoms with Gasteiger partial charge in [-0.3, -0.25) is 0 Å². The smallest absolute Gasteiger partial charge is 0.212 e. The van der Waals surface area contributed by atoms with Gasteiger partial charge in [0.1, 0.15) is 6.10 Å². The highest BCUT2D eigenvalue weighted by Gasteiger charge is 2.15. The molecule has 0 aliphatic carbocycles. The first-order valence-corrected chi connectivity index (χ1v) is 6.01. The van der Waals surface area contributed by atoms with Gasteiger partial charge in [-0.2, -0.15) is 0 Å². The molecular formula is C13H11Cl2NO2. The molecule has 2 aromatic rings.